The van der Waals surface area contributed by atoms with E-state index >= 15 is 0 Å². The third-order valence-electron chi connectivity index (χ3n) is 3.64. The maximum Gasteiger partial charge on any atom is 0.150 e. The predicted octanol–water partition coefficient (Wildman–Crippen LogP) is 5.19. The van der Waals surface area contributed by atoms with Crippen molar-refractivity contribution < 1.29 is 9.59 Å². The summed E-state index contributed by atoms with van der Waals surface area (Å²) in [6.07, 6.45) is 12.7. The molecule has 0 aliphatic carbocycles. The van der Waals surface area contributed by atoms with Gasteiger partial charge in [0, 0.05) is 23.1 Å². The monoisotopic (exact) mass is 298 g/mol. The maximum absolute atomic E-state index is 10.8. The minimum absolute atomic E-state index is 0.501. The highest BCUT2D eigenvalue weighted by molar-refractivity contribution is 5.83. The SMILES string of the molecule is CCCCCCCCCCC#Cc1cc(C=O)cc(C=O)c1. The average molecular weight is 298 g/mol. The van der Waals surface area contributed by atoms with Gasteiger partial charge in [-0.1, -0.05) is 63.7 Å². The van der Waals surface area contributed by atoms with E-state index in [1.165, 1.54) is 44.9 Å². The standard InChI is InChI=1S/C20H26O2/c1-2-3-4-5-6-7-8-9-10-11-12-18-13-19(16-21)15-20(14-18)17-22/h13-17H,2-10H2,1H3. The van der Waals surface area contributed by atoms with Gasteiger partial charge < -0.3 is 0 Å². The summed E-state index contributed by atoms with van der Waals surface area (Å²) in [7, 11) is 0. The first-order valence-electron chi connectivity index (χ1n) is 8.34. The summed E-state index contributed by atoms with van der Waals surface area (Å²) < 4.78 is 0. The van der Waals surface area contributed by atoms with Crippen molar-refractivity contribution in [3.05, 3.63) is 34.9 Å². The lowest BCUT2D eigenvalue weighted by Gasteiger charge is -1.99. The molecular weight excluding hydrogens is 272 g/mol. The fraction of sp³-hybridized carbons (Fsp3) is 0.500. The normalized spacial score (nSPS) is 9.86. The van der Waals surface area contributed by atoms with Crippen LogP contribution in [0.3, 0.4) is 0 Å². The maximum atomic E-state index is 10.8. The number of benzene rings is 1. The van der Waals surface area contributed by atoms with Gasteiger partial charge in [-0.3, -0.25) is 9.59 Å². The van der Waals surface area contributed by atoms with Gasteiger partial charge in [-0.05, 0) is 24.6 Å². The Kier molecular flexibility index (Phi) is 9.70. The summed E-state index contributed by atoms with van der Waals surface area (Å²) >= 11 is 0. The number of carbonyl (C=O) groups excluding carboxylic acids is 2. The molecule has 2 nitrogen and oxygen atoms in total. The minimum atomic E-state index is 0.501. The van der Waals surface area contributed by atoms with E-state index < -0.39 is 0 Å². The van der Waals surface area contributed by atoms with E-state index in [-0.39, 0.29) is 0 Å². The molecule has 0 bridgehead atoms. The number of rotatable bonds is 10. The summed E-state index contributed by atoms with van der Waals surface area (Å²) in [6, 6.07) is 5.02. The van der Waals surface area contributed by atoms with Gasteiger partial charge in [-0.15, -0.1) is 0 Å². The molecule has 0 saturated carbocycles. The molecule has 0 fully saturated rings. The highest BCUT2D eigenvalue weighted by atomic mass is 16.1. The second-order valence-electron chi connectivity index (χ2n) is 5.65. The third-order valence-corrected chi connectivity index (χ3v) is 3.64. The van der Waals surface area contributed by atoms with Crippen LogP contribution in [-0.4, -0.2) is 12.6 Å². The van der Waals surface area contributed by atoms with E-state index in [4.69, 9.17) is 0 Å². The molecule has 0 heterocycles. The molecule has 1 aromatic rings. The highest BCUT2D eigenvalue weighted by Crippen LogP contribution is 2.10. The first-order chi connectivity index (χ1) is 10.8. The number of hydrogen-bond acceptors (Lipinski definition) is 2. The molecule has 0 unspecified atom stereocenters. The van der Waals surface area contributed by atoms with Crippen molar-refractivity contribution in [1.82, 2.24) is 0 Å². The summed E-state index contributed by atoms with van der Waals surface area (Å²) in [6.45, 7) is 2.24. The van der Waals surface area contributed by atoms with Crippen LogP contribution in [0.15, 0.2) is 18.2 Å². The van der Waals surface area contributed by atoms with Crippen molar-refractivity contribution >= 4 is 12.6 Å². The summed E-state index contributed by atoms with van der Waals surface area (Å²) in [4.78, 5) is 21.6. The zero-order valence-corrected chi connectivity index (χ0v) is 13.6. The topological polar surface area (TPSA) is 34.1 Å². The van der Waals surface area contributed by atoms with Crippen LogP contribution in [-0.2, 0) is 0 Å². The van der Waals surface area contributed by atoms with E-state index in [0.29, 0.717) is 11.1 Å². The number of unbranched alkanes of at least 4 members (excludes halogenated alkanes) is 8. The Morgan fingerprint density at radius 3 is 1.91 bits per heavy atom. The number of hydrogen-bond donors (Lipinski definition) is 0. The first-order valence-corrected chi connectivity index (χ1v) is 8.34. The molecule has 0 radical (unpaired) electrons. The summed E-state index contributed by atoms with van der Waals surface area (Å²) in [5.74, 6) is 6.18. The van der Waals surface area contributed by atoms with Crippen LogP contribution in [0.4, 0.5) is 0 Å². The van der Waals surface area contributed by atoms with Crippen LogP contribution in [0.2, 0.25) is 0 Å². The molecular formula is C20H26O2. The Labute approximate surface area is 134 Å². The summed E-state index contributed by atoms with van der Waals surface area (Å²) in [5.41, 5.74) is 1.74. The zero-order chi connectivity index (χ0) is 16.0. The molecule has 0 aliphatic heterocycles. The molecule has 118 valence electrons. The van der Waals surface area contributed by atoms with Gasteiger partial charge in [0.2, 0.25) is 0 Å². The van der Waals surface area contributed by atoms with Crippen molar-refractivity contribution in [2.45, 2.75) is 64.7 Å². The molecule has 22 heavy (non-hydrogen) atoms. The average Bonchev–Trinajstić information content (AvgIpc) is 2.56. The lowest BCUT2D eigenvalue weighted by Crippen LogP contribution is -1.88. The largest absolute Gasteiger partial charge is 0.298 e. The Balaban J connectivity index is 2.27. The van der Waals surface area contributed by atoms with Crippen LogP contribution >= 0.6 is 0 Å². The molecule has 0 aromatic heterocycles. The molecule has 1 rings (SSSR count). The van der Waals surface area contributed by atoms with Crippen molar-refractivity contribution in [2.24, 2.45) is 0 Å². The molecule has 0 saturated heterocycles. The first kappa shape index (κ1) is 18.2. The minimum Gasteiger partial charge on any atom is -0.298 e. The molecule has 0 atom stereocenters. The second-order valence-corrected chi connectivity index (χ2v) is 5.65. The summed E-state index contributed by atoms with van der Waals surface area (Å²) in [5, 5.41) is 0. The molecule has 1 aromatic carbocycles. The van der Waals surface area contributed by atoms with Crippen molar-refractivity contribution in [3.63, 3.8) is 0 Å². The third kappa shape index (κ3) is 7.78. The molecule has 0 amide bonds. The Bertz CT molecular complexity index is 494. The van der Waals surface area contributed by atoms with E-state index in [1.807, 2.05) is 0 Å². The van der Waals surface area contributed by atoms with Gasteiger partial charge in [-0.25, -0.2) is 0 Å². The zero-order valence-electron chi connectivity index (χ0n) is 13.6. The Hall–Kier alpha value is -1.88. The van der Waals surface area contributed by atoms with Crippen LogP contribution < -0.4 is 0 Å². The smallest absolute Gasteiger partial charge is 0.150 e. The van der Waals surface area contributed by atoms with Gasteiger partial charge in [-0.2, -0.15) is 0 Å². The van der Waals surface area contributed by atoms with Gasteiger partial charge in [0.15, 0.2) is 0 Å². The van der Waals surface area contributed by atoms with E-state index in [0.717, 1.165) is 31.0 Å². The van der Waals surface area contributed by atoms with Crippen LogP contribution in [0.25, 0.3) is 0 Å². The predicted molar refractivity (Wildman–Crippen MR) is 91.3 cm³/mol. The molecule has 0 spiro atoms. The van der Waals surface area contributed by atoms with E-state index in [9.17, 15) is 9.59 Å². The second kappa shape index (κ2) is 11.7. The molecule has 0 N–H and O–H groups in total. The van der Waals surface area contributed by atoms with Crippen LogP contribution in [0.5, 0.6) is 0 Å². The highest BCUT2D eigenvalue weighted by Gasteiger charge is 1.97. The van der Waals surface area contributed by atoms with Crippen LogP contribution in [0, 0.1) is 11.8 Å². The quantitative estimate of drug-likeness (QED) is 0.338. The van der Waals surface area contributed by atoms with Crippen LogP contribution in [0.1, 0.15) is 91.0 Å². The van der Waals surface area contributed by atoms with Gasteiger partial charge >= 0.3 is 0 Å². The Morgan fingerprint density at radius 1 is 0.818 bits per heavy atom. The lowest BCUT2D eigenvalue weighted by molar-refractivity contribution is 0.112. The van der Waals surface area contributed by atoms with E-state index in [2.05, 4.69) is 18.8 Å². The molecule has 0 aliphatic rings. The van der Waals surface area contributed by atoms with Gasteiger partial charge in [0.1, 0.15) is 12.6 Å². The number of carbonyl (C=O) groups is 2. The fourth-order valence-electron chi connectivity index (χ4n) is 2.40. The molecule has 2 heteroatoms. The van der Waals surface area contributed by atoms with E-state index in [1.54, 1.807) is 18.2 Å². The van der Waals surface area contributed by atoms with Crippen molar-refractivity contribution in [2.75, 3.05) is 0 Å². The van der Waals surface area contributed by atoms with Crippen molar-refractivity contribution in [1.29, 1.82) is 0 Å². The van der Waals surface area contributed by atoms with Crippen molar-refractivity contribution in [3.8, 4) is 11.8 Å². The van der Waals surface area contributed by atoms with Gasteiger partial charge in [0.25, 0.3) is 0 Å². The Morgan fingerprint density at radius 2 is 1.36 bits per heavy atom. The number of aldehydes is 2. The fourth-order valence-corrected chi connectivity index (χ4v) is 2.40. The van der Waals surface area contributed by atoms with Gasteiger partial charge in [0.05, 0.1) is 0 Å². The lowest BCUT2D eigenvalue weighted by atomic mass is 10.1.